The molecule has 1 aromatic carbocycles. The minimum Gasteiger partial charge on any atom is -0.481 e. The van der Waals surface area contributed by atoms with E-state index in [1.54, 1.807) is 0 Å². The first-order valence-corrected chi connectivity index (χ1v) is 9.20. The second-order valence-electron chi connectivity index (χ2n) is 7.79. The van der Waals surface area contributed by atoms with Crippen molar-refractivity contribution in [1.29, 1.82) is 0 Å². The monoisotopic (exact) mass is 331 g/mol. The Balaban J connectivity index is 1.54. The number of aliphatic carboxylic acids is 1. The minimum absolute atomic E-state index is 0.271. The topological polar surface area (TPSA) is 60.8 Å². The van der Waals surface area contributed by atoms with Crippen LogP contribution in [0.1, 0.15) is 44.6 Å². The van der Waals surface area contributed by atoms with Crippen LogP contribution in [0.2, 0.25) is 0 Å². The van der Waals surface area contributed by atoms with E-state index in [-0.39, 0.29) is 5.92 Å². The molecule has 2 fully saturated rings. The third-order valence-electron chi connectivity index (χ3n) is 6.15. The minimum atomic E-state index is -0.713. The maximum absolute atomic E-state index is 11.1. The Hall–Kier alpha value is -1.39. The van der Waals surface area contributed by atoms with Gasteiger partial charge in [0, 0.05) is 12.6 Å². The average Bonchev–Trinajstić information content (AvgIpc) is 2.89. The highest BCUT2D eigenvalue weighted by atomic mass is 16.4. The number of likely N-dealkylation sites (tertiary alicyclic amines) is 1. The lowest BCUT2D eigenvalue weighted by Gasteiger charge is -2.39. The smallest absolute Gasteiger partial charge is 0.306 e. The van der Waals surface area contributed by atoms with E-state index in [4.69, 9.17) is 5.11 Å². The number of β-amino-alcohol motifs (C(OH)–C–C–N with tert-alkyl or cyclic N) is 1. The lowest BCUT2D eigenvalue weighted by atomic mass is 9.78. The molecule has 1 aliphatic carbocycles. The van der Waals surface area contributed by atoms with Crippen molar-refractivity contribution >= 4 is 5.97 Å². The van der Waals surface area contributed by atoms with Gasteiger partial charge in [-0.1, -0.05) is 30.3 Å². The predicted octanol–water partition coefficient (Wildman–Crippen LogP) is 2.95. The van der Waals surface area contributed by atoms with Crippen LogP contribution in [-0.2, 0) is 11.2 Å². The number of carboxylic acids is 1. The molecule has 0 amide bonds. The van der Waals surface area contributed by atoms with Crippen LogP contribution in [0, 0.1) is 11.8 Å². The van der Waals surface area contributed by atoms with E-state index in [1.807, 2.05) is 0 Å². The summed E-state index contributed by atoms with van der Waals surface area (Å²) in [7, 11) is 0. The number of nitrogens with zero attached hydrogens (tertiary/aromatic N) is 1. The first-order valence-electron chi connectivity index (χ1n) is 9.20. The van der Waals surface area contributed by atoms with Gasteiger partial charge in [-0.05, 0) is 63.5 Å². The summed E-state index contributed by atoms with van der Waals surface area (Å²) in [6.45, 7) is 3.99. The molecule has 2 aliphatic rings. The maximum Gasteiger partial charge on any atom is 0.306 e. The van der Waals surface area contributed by atoms with Crippen molar-refractivity contribution in [2.75, 3.05) is 13.1 Å². The Morgan fingerprint density at radius 2 is 1.88 bits per heavy atom. The molecule has 1 heterocycles. The summed E-state index contributed by atoms with van der Waals surface area (Å²) in [6.07, 6.45) is 4.68. The van der Waals surface area contributed by atoms with Crippen molar-refractivity contribution in [1.82, 2.24) is 4.90 Å². The molecule has 0 radical (unpaired) electrons. The third-order valence-corrected chi connectivity index (χ3v) is 6.15. The van der Waals surface area contributed by atoms with Crippen molar-refractivity contribution in [3.05, 3.63) is 35.9 Å². The van der Waals surface area contributed by atoms with Gasteiger partial charge in [-0.2, -0.15) is 0 Å². The number of aliphatic hydroxyl groups is 1. The highest BCUT2D eigenvalue weighted by Crippen LogP contribution is 2.36. The maximum atomic E-state index is 11.1. The first kappa shape index (κ1) is 17.4. The largest absolute Gasteiger partial charge is 0.481 e. The number of hydrogen-bond acceptors (Lipinski definition) is 3. The molecule has 1 aromatic rings. The molecule has 0 spiro atoms. The van der Waals surface area contributed by atoms with Crippen LogP contribution in [0.15, 0.2) is 30.3 Å². The lowest BCUT2D eigenvalue weighted by Crippen LogP contribution is -2.47. The molecule has 1 saturated carbocycles. The van der Waals surface area contributed by atoms with Crippen molar-refractivity contribution in [3.63, 3.8) is 0 Å². The van der Waals surface area contributed by atoms with E-state index < -0.39 is 11.6 Å². The van der Waals surface area contributed by atoms with Crippen molar-refractivity contribution in [2.45, 2.75) is 57.1 Å². The summed E-state index contributed by atoms with van der Waals surface area (Å²) in [5.41, 5.74) is 0.679. The molecule has 3 rings (SSSR count). The molecule has 24 heavy (non-hydrogen) atoms. The van der Waals surface area contributed by atoms with Crippen LogP contribution in [0.5, 0.6) is 0 Å². The lowest BCUT2D eigenvalue weighted by molar-refractivity contribution is -0.145. The number of hydrogen-bond donors (Lipinski definition) is 2. The highest BCUT2D eigenvalue weighted by molar-refractivity contribution is 5.70. The van der Waals surface area contributed by atoms with E-state index in [0.29, 0.717) is 44.2 Å². The Morgan fingerprint density at radius 1 is 1.21 bits per heavy atom. The standard InChI is InChI=1S/C20H29NO3/c1-15-18(13-16-5-3-2-4-6-16)9-12-21(15)14-20(24)10-7-17(8-11-20)19(22)23/h2-6,15,17-18,24H,7-14H2,1H3,(H,22,23). The van der Waals surface area contributed by atoms with Crippen molar-refractivity contribution < 1.29 is 15.0 Å². The molecule has 132 valence electrons. The number of carbonyl (C=O) groups is 1. The van der Waals surface area contributed by atoms with Gasteiger partial charge in [-0.15, -0.1) is 0 Å². The number of carboxylic acid groups (broad SMARTS) is 1. The second kappa shape index (κ2) is 7.24. The number of benzene rings is 1. The summed E-state index contributed by atoms with van der Waals surface area (Å²) in [6, 6.07) is 11.1. The van der Waals surface area contributed by atoms with Crippen LogP contribution in [0.4, 0.5) is 0 Å². The highest BCUT2D eigenvalue weighted by Gasteiger charge is 2.40. The average molecular weight is 331 g/mol. The van der Waals surface area contributed by atoms with Gasteiger partial charge in [0.1, 0.15) is 0 Å². The zero-order valence-electron chi connectivity index (χ0n) is 14.5. The van der Waals surface area contributed by atoms with Gasteiger partial charge < -0.3 is 10.2 Å². The van der Waals surface area contributed by atoms with E-state index in [2.05, 4.69) is 42.2 Å². The van der Waals surface area contributed by atoms with Crippen LogP contribution >= 0.6 is 0 Å². The van der Waals surface area contributed by atoms with E-state index >= 15 is 0 Å². The zero-order valence-corrected chi connectivity index (χ0v) is 14.5. The summed E-state index contributed by atoms with van der Waals surface area (Å²) in [4.78, 5) is 13.5. The van der Waals surface area contributed by atoms with Gasteiger partial charge in [0.25, 0.3) is 0 Å². The van der Waals surface area contributed by atoms with Crippen molar-refractivity contribution in [3.8, 4) is 0 Å². The van der Waals surface area contributed by atoms with Crippen LogP contribution < -0.4 is 0 Å². The Bertz CT molecular complexity index is 551. The predicted molar refractivity (Wildman–Crippen MR) is 93.8 cm³/mol. The molecule has 0 bridgehead atoms. The summed E-state index contributed by atoms with van der Waals surface area (Å²) in [5.74, 6) is -0.354. The molecule has 2 N–H and O–H groups in total. The normalized spacial score (nSPS) is 34.3. The van der Waals surface area contributed by atoms with Gasteiger partial charge in [0.2, 0.25) is 0 Å². The summed E-state index contributed by atoms with van der Waals surface area (Å²) < 4.78 is 0. The van der Waals surface area contributed by atoms with E-state index in [0.717, 1.165) is 13.0 Å². The molecule has 4 heteroatoms. The van der Waals surface area contributed by atoms with Crippen molar-refractivity contribution in [2.24, 2.45) is 11.8 Å². The third kappa shape index (κ3) is 3.98. The molecule has 2 unspecified atom stereocenters. The Morgan fingerprint density at radius 3 is 2.50 bits per heavy atom. The summed E-state index contributed by atoms with van der Waals surface area (Å²) >= 11 is 0. The van der Waals surface area contributed by atoms with E-state index in [9.17, 15) is 9.90 Å². The zero-order chi connectivity index (χ0) is 17.2. The molecular formula is C20H29NO3. The molecule has 1 aliphatic heterocycles. The van der Waals surface area contributed by atoms with Gasteiger partial charge >= 0.3 is 5.97 Å². The second-order valence-corrected chi connectivity index (χ2v) is 7.79. The quantitative estimate of drug-likeness (QED) is 0.871. The fourth-order valence-corrected chi connectivity index (χ4v) is 4.43. The van der Waals surface area contributed by atoms with Gasteiger partial charge in [-0.3, -0.25) is 9.69 Å². The molecule has 2 atom stereocenters. The molecule has 1 saturated heterocycles. The molecule has 0 aromatic heterocycles. The van der Waals surface area contributed by atoms with Gasteiger partial charge in [-0.25, -0.2) is 0 Å². The first-order chi connectivity index (χ1) is 11.5. The fourth-order valence-electron chi connectivity index (χ4n) is 4.43. The number of rotatable bonds is 5. The van der Waals surface area contributed by atoms with E-state index in [1.165, 1.54) is 12.0 Å². The fraction of sp³-hybridized carbons (Fsp3) is 0.650. The van der Waals surface area contributed by atoms with Crippen LogP contribution in [0.25, 0.3) is 0 Å². The van der Waals surface area contributed by atoms with Gasteiger partial charge in [0.05, 0.1) is 11.5 Å². The van der Waals surface area contributed by atoms with Crippen LogP contribution in [-0.4, -0.2) is 45.8 Å². The molecular weight excluding hydrogens is 302 g/mol. The summed E-state index contributed by atoms with van der Waals surface area (Å²) in [5, 5.41) is 20.0. The van der Waals surface area contributed by atoms with Crippen LogP contribution in [0.3, 0.4) is 0 Å². The Kier molecular flexibility index (Phi) is 5.26. The SMILES string of the molecule is CC1C(Cc2ccccc2)CCN1CC1(O)CCC(C(=O)O)CC1. The molecule has 4 nitrogen and oxygen atoms in total. The van der Waals surface area contributed by atoms with Gasteiger partial charge in [0.15, 0.2) is 0 Å². The Labute approximate surface area is 144 Å².